The summed E-state index contributed by atoms with van der Waals surface area (Å²) in [6, 6.07) is 0. The van der Waals surface area contributed by atoms with Crippen molar-refractivity contribution in [3.8, 4) is 0 Å². The molecule has 0 radical (unpaired) electrons. The number of carbonyl (C=O) groups excluding carboxylic acids is 2. The normalized spacial score (nSPS) is 13.9. The third-order valence-corrected chi connectivity index (χ3v) is 13.8. The van der Waals surface area contributed by atoms with Crippen LogP contribution in [0, 0.1) is 0 Å². The van der Waals surface area contributed by atoms with Gasteiger partial charge in [-0.1, -0.05) is 246 Å². The number of esters is 2. The van der Waals surface area contributed by atoms with Crippen LogP contribution in [0.25, 0.3) is 0 Å². The highest BCUT2D eigenvalue weighted by molar-refractivity contribution is 7.45. The maximum atomic E-state index is 12.8. The first-order chi connectivity index (χ1) is 36.5. The Balaban J connectivity index is 4.00. The molecule has 0 spiro atoms. The number of likely N-dealkylation sites (N-methyl/N-ethyl adjacent to an activating group) is 1. The highest BCUT2D eigenvalue weighted by Crippen LogP contribution is 2.38. The van der Waals surface area contributed by atoms with E-state index in [9.17, 15) is 19.0 Å². The van der Waals surface area contributed by atoms with E-state index in [0.717, 1.165) is 103 Å². The average Bonchev–Trinajstić information content (AvgIpc) is 3.37. The maximum Gasteiger partial charge on any atom is 0.306 e. The van der Waals surface area contributed by atoms with Crippen molar-refractivity contribution in [2.45, 2.75) is 258 Å². The van der Waals surface area contributed by atoms with Crippen molar-refractivity contribution >= 4 is 19.8 Å². The smallest absolute Gasteiger partial charge is 0.306 e. The van der Waals surface area contributed by atoms with E-state index in [-0.39, 0.29) is 26.1 Å². The number of rotatable bonds is 55. The summed E-state index contributed by atoms with van der Waals surface area (Å²) in [4.78, 5) is 37.8. The number of hydrogen-bond acceptors (Lipinski definition) is 8. The largest absolute Gasteiger partial charge is 0.756 e. The Morgan fingerprint density at radius 2 is 0.760 bits per heavy atom. The van der Waals surface area contributed by atoms with Gasteiger partial charge in [0.05, 0.1) is 27.7 Å². The van der Waals surface area contributed by atoms with Crippen molar-refractivity contribution in [1.82, 2.24) is 0 Å². The molecule has 0 amide bonds. The van der Waals surface area contributed by atoms with Gasteiger partial charge in [-0.15, -0.1) is 0 Å². The summed E-state index contributed by atoms with van der Waals surface area (Å²) in [7, 11) is 1.16. The minimum Gasteiger partial charge on any atom is -0.756 e. The van der Waals surface area contributed by atoms with Crippen molar-refractivity contribution < 1.29 is 42.1 Å². The lowest BCUT2D eigenvalue weighted by molar-refractivity contribution is -0.870. The lowest BCUT2D eigenvalue weighted by Crippen LogP contribution is -2.37. The zero-order chi connectivity index (χ0) is 54.9. The molecule has 0 saturated heterocycles. The van der Waals surface area contributed by atoms with Gasteiger partial charge < -0.3 is 27.9 Å². The van der Waals surface area contributed by atoms with Crippen LogP contribution in [0.15, 0.2) is 97.2 Å². The van der Waals surface area contributed by atoms with Crippen LogP contribution in [0.3, 0.4) is 0 Å². The first-order valence-electron chi connectivity index (χ1n) is 30.4. The zero-order valence-corrected chi connectivity index (χ0v) is 49.9. The molecule has 0 bridgehead atoms. The number of carbonyl (C=O) groups is 2. The SMILES string of the molecule is CC/C=C\C/C=C\C/C=C\C/C=C\C/C=C\C/C=C\CCCCCCCCCCCCCCCCCCCCC(=O)OC(COC(=O)CCCCCCC/C=C\C/C=C\CCCC)COP(=O)([O-])OCC[N+](C)(C)C. The van der Waals surface area contributed by atoms with Gasteiger partial charge in [0.25, 0.3) is 7.82 Å². The number of phosphoric acid groups is 1. The number of ether oxygens (including phenoxy) is 2. The van der Waals surface area contributed by atoms with Crippen LogP contribution >= 0.6 is 7.82 Å². The number of phosphoric ester groups is 1. The van der Waals surface area contributed by atoms with Crippen molar-refractivity contribution in [3.05, 3.63) is 97.2 Å². The van der Waals surface area contributed by atoms with Crippen LogP contribution in [-0.4, -0.2) is 70.0 Å². The van der Waals surface area contributed by atoms with Crippen LogP contribution in [0.1, 0.15) is 251 Å². The second kappa shape index (κ2) is 55.7. The Kier molecular flexibility index (Phi) is 53.4. The molecule has 0 heterocycles. The number of unbranched alkanes of at least 4 members (excludes halogenated alkanes) is 25. The fourth-order valence-corrected chi connectivity index (χ4v) is 8.88. The van der Waals surface area contributed by atoms with Gasteiger partial charge in [-0.05, 0) is 89.9 Å². The van der Waals surface area contributed by atoms with E-state index < -0.39 is 32.5 Å². The molecule has 0 aromatic rings. The van der Waals surface area contributed by atoms with Crippen LogP contribution in [0.2, 0.25) is 0 Å². The van der Waals surface area contributed by atoms with E-state index in [4.69, 9.17) is 18.5 Å². The highest BCUT2D eigenvalue weighted by atomic mass is 31.2. The molecule has 0 aromatic heterocycles. The van der Waals surface area contributed by atoms with Crippen molar-refractivity contribution in [2.24, 2.45) is 0 Å². The van der Waals surface area contributed by atoms with Gasteiger partial charge in [0, 0.05) is 12.8 Å². The maximum absolute atomic E-state index is 12.8. The summed E-state index contributed by atoms with van der Waals surface area (Å²) >= 11 is 0. The van der Waals surface area contributed by atoms with E-state index >= 15 is 0 Å². The van der Waals surface area contributed by atoms with E-state index in [0.29, 0.717) is 23.9 Å². The molecular weight excluding hydrogens is 954 g/mol. The van der Waals surface area contributed by atoms with Crippen LogP contribution < -0.4 is 4.89 Å². The first-order valence-corrected chi connectivity index (χ1v) is 31.9. The van der Waals surface area contributed by atoms with E-state index in [1.807, 2.05) is 21.1 Å². The Morgan fingerprint density at radius 1 is 0.427 bits per heavy atom. The van der Waals surface area contributed by atoms with Gasteiger partial charge in [0.1, 0.15) is 19.8 Å². The van der Waals surface area contributed by atoms with Crippen LogP contribution in [-0.2, 0) is 32.7 Å². The lowest BCUT2D eigenvalue weighted by Gasteiger charge is -2.28. The summed E-state index contributed by atoms with van der Waals surface area (Å²) in [6.45, 7) is 4.07. The summed E-state index contributed by atoms with van der Waals surface area (Å²) in [6.07, 6.45) is 76.2. The summed E-state index contributed by atoms with van der Waals surface area (Å²) < 4.78 is 34.1. The number of quaternary nitrogens is 1. The second-order valence-corrected chi connectivity index (χ2v) is 22.7. The molecule has 75 heavy (non-hydrogen) atoms. The Morgan fingerprint density at radius 3 is 1.13 bits per heavy atom. The Labute approximate surface area is 462 Å². The summed E-state index contributed by atoms with van der Waals surface area (Å²) in [5.74, 6) is -0.847. The van der Waals surface area contributed by atoms with Gasteiger partial charge in [-0.25, -0.2) is 0 Å². The number of hydrogen-bond donors (Lipinski definition) is 0. The molecule has 0 aliphatic carbocycles. The Hall–Kier alpha value is -3.07. The lowest BCUT2D eigenvalue weighted by atomic mass is 10.0. The number of nitrogens with zero attached hydrogens (tertiary/aromatic N) is 1. The fraction of sp³-hybridized carbons (Fsp3) is 0.723. The fourth-order valence-electron chi connectivity index (χ4n) is 8.15. The molecule has 0 rings (SSSR count). The number of allylic oxidation sites excluding steroid dienone is 16. The van der Waals surface area contributed by atoms with Crippen molar-refractivity contribution in [3.63, 3.8) is 0 Å². The molecule has 0 fully saturated rings. The summed E-state index contributed by atoms with van der Waals surface area (Å²) in [5.41, 5.74) is 0. The molecule has 9 nitrogen and oxygen atoms in total. The monoisotopic (exact) mass is 1070 g/mol. The molecular formula is C65H114NO8P. The molecule has 10 heteroatoms. The van der Waals surface area contributed by atoms with E-state index in [1.54, 1.807) is 0 Å². The molecule has 0 aliphatic heterocycles. The topological polar surface area (TPSA) is 111 Å². The molecule has 0 N–H and O–H groups in total. The van der Waals surface area contributed by atoms with E-state index in [2.05, 4.69) is 111 Å². The first kappa shape index (κ1) is 71.9. The predicted octanol–water partition coefficient (Wildman–Crippen LogP) is 18.6. The van der Waals surface area contributed by atoms with Gasteiger partial charge in [-0.3, -0.25) is 14.2 Å². The molecule has 432 valence electrons. The van der Waals surface area contributed by atoms with Crippen LogP contribution in [0.4, 0.5) is 0 Å². The minimum absolute atomic E-state index is 0.0354. The van der Waals surface area contributed by atoms with Gasteiger partial charge in [0.2, 0.25) is 0 Å². The van der Waals surface area contributed by atoms with Gasteiger partial charge in [-0.2, -0.15) is 0 Å². The molecule has 2 atom stereocenters. The third kappa shape index (κ3) is 60.0. The summed E-state index contributed by atoms with van der Waals surface area (Å²) in [5, 5.41) is 0. The average molecular weight is 1070 g/mol. The van der Waals surface area contributed by atoms with Crippen LogP contribution in [0.5, 0.6) is 0 Å². The quantitative estimate of drug-likeness (QED) is 0.0195. The third-order valence-electron chi connectivity index (χ3n) is 12.8. The predicted molar refractivity (Wildman–Crippen MR) is 319 cm³/mol. The Bertz CT molecular complexity index is 1590. The van der Waals surface area contributed by atoms with Gasteiger partial charge >= 0.3 is 11.9 Å². The second-order valence-electron chi connectivity index (χ2n) is 21.3. The molecule has 0 aliphatic rings. The highest BCUT2D eigenvalue weighted by Gasteiger charge is 2.22. The molecule has 2 unspecified atom stereocenters. The molecule has 0 aromatic carbocycles. The van der Waals surface area contributed by atoms with Gasteiger partial charge in [0.15, 0.2) is 6.10 Å². The van der Waals surface area contributed by atoms with Crippen molar-refractivity contribution in [2.75, 3.05) is 47.5 Å². The molecule has 0 saturated carbocycles. The minimum atomic E-state index is -4.64. The van der Waals surface area contributed by atoms with Crippen molar-refractivity contribution in [1.29, 1.82) is 0 Å². The standard InChI is InChI=1S/C65H114NO8P/c1-6-8-10-12-14-16-18-20-22-23-24-25-26-27-28-29-30-31-32-33-34-35-36-37-38-39-40-41-42-43-44-46-48-50-52-54-56-58-65(68)74-63(62-73-75(69,70)72-60-59-66(3,4)5)61-71-64(67)57-55-53-51-49-47-45-21-19-17-15-13-11-9-7-2/h8,10,13-16,19-22,24-25,27-28,30-31,63H,6-7,9,11-12,17-18,23,26,29,32-62H2,1-5H3/b10-8-,15-13-,16-14-,21-19-,22-20-,25-24-,28-27-,31-30-. The zero-order valence-electron chi connectivity index (χ0n) is 49.0. The van der Waals surface area contributed by atoms with E-state index in [1.165, 1.54) is 109 Å².